The summed E-state index contributed by atoms with van der Waals surface area (Å²) < 4.78 is 5.30. The first kappa shape index (κ1) is 21.2. The molecule has 1 aliphatic carbocycles. The highest BCUT2D eigenvalue weighted by atomic mass is 16.5. The number of hydrogen-bond acceptors (Lipinski definition) is 5. The molecule has 1 spiro atoms. The SMILES string of the molecule is COC[C@H]1CCCN1C(=O)c1ccc(N2CCC3(CC2)CCN(C2CCC2)CC3)nc1. The number of likely N-dealkylation sites (tertiary alicyclic amines) is 2. The number of aromatic nitrogens is 1. The third-order valence-corrected chi connectivity index (χ3v) is 8.59. The molecule has 0 N–H and O–H groups in total. The zero-order valence-corrected chi connectivity index (χ0v) is 19.1. The minimum absolute atomic E-state index is 0.0921. The average molecular weight is 427 g/mol. The molecule has 0 bridgehead atoms. The average Bonchev–Trinajstić information content (AvgIpc) is 3.23. The Morgan fingerprint density at radius 2 is 1.77 bits per heavy atom. The molecule has 3 aliphatic heterocycles. The van der Waals surface area contributed by atoms with E-state index in [0.717, 1.165) is 44.3 Å². The number of amides is 1. The summed E-state index contributed by atoms with van der Waals surface area (Å²) in [5, 5.41) is 0. The summed E-state index contributed by atoms with van der Waals surface area (Å²) >= 11 is 0. The second kappa shape index (κ2) is 9.07. The van der Waals surface area contributed by atoms with E-state index in [1.807, 2.05) is 17.0 Å². The summed E-state index contributed by atoms with van der Waals surface area (Å²) in [7, 11) is 1.71. The van der Waals surface area contributed by atoms with E-state index in [1.54, 1.807) is 13.3 Å². The van der Waals surface area contributed by atoms with Gasteiger partial charge >= 0.3 is 0 Å². The Balaban J connectivity index is 1.15. The van der Waals surface area contributed by atoms with Gasteiger partial charge in [-0.25, -0.2) is 4.98 Å². The number of methoxy groups -OCH3 is 1. The fourth-order valence-corrected chi connectivity index (χ4v) is 6.16. The van der Waals surface area contributed by atoms with Crippen LogP contribution in [0.4, 0.5) is 5.82 Å². The maximum Gasteiger partial charge on any atom is 0.255 e. The normalized spacial score (nSPS) is 26.9. The summed E-state index contributed by atoms with van der Waals surface area (Å²) in [6.07, 6.45) is 13.4. The quantitative estimate of drug-likeness (QED) is 0.720. The van der Waals surface area contributed by atoms with E-state index in [9.17, 15) is 4.79 Å². The summed E-state index contributed by atoms with van der Waals surface area (Å²) in [4.78, 5) is 24.8. The predicted molar refractivity (Wildman–Crippen MR) is 122 cm³/mol. The van der Waals surface area contributed by atoms with Crippen molar-refractivity contribution in [2.75, 3.05) is 51.3 Å². The number of hydrogen-bond donors (Lipinski definition) is 0. The van der Waals surface area contributed by atoms with Crippen molar-refractivity contribution in [1.82, 2.24) is 14.8 Å². The van der Waals surface area contributed by atoms with Crippen molar-refractivity contribution in [1.29, 1.82) is 0 Å². The zero-order chi connectivity index (χ0) is 21.3. The van der Waals surface area contributed by atoms with Crippen LogP contribution in [0.3, 0.4) is 0 Å². The smallest absolute Gasteiger partial charge is 0.255 e. The van der Waals surface area contributed by atoms with Crippen LogP contribution in [-0.4, -0.2) is 79.2 Å². The van der Waals surface area contributed by atoms with Gasteiger partial charge in [-0.2, -0.15) is 0 Å². The fourth-order valence-electron chi connectivity index (χ4n) is 6.16. The predicted octanol–water partition coefficient (Wildman–Crippen LogP) is 3.57. The van der Waals surface area contributed by atoms with Crippen LogP contribution in [-0.2, 0) is 4.74 Å². The molecule has 0 aromatic carbocycles. The van der Waals surface area contributed by atoms with Crippen LogP contribution in [0.5, 0.6) is 0 Å². The van der Waals surface area contributed by atoms with E-state index in [2.05, 4.69) is 9.80 Å². The van der Waals surface area contributed by atoms with Gasteiger partial charge in [-0.1, -0.05) is 6.42 Å². The van der Waals surface area contributed by atoms with Crippen molar-refractivity contribution in [2.24, 2.45) is 5.41 Å². The van der Waals surface area contributed by atoms with Crippen LogP contribution >= 0.6 is 0 Å². The van der Waals surface area contributed by atoms with E-state index in [4.69, 9.17) is 9.72 Å². The molecule has 3 saturated heterocycles. The van der Waals surface area contributed by atoms with E-state index in [1.165, 1.54) is 58.0 Å². The zero-order valence-electron chi connectivity index (χ0n) is 19.1. The topological polar surface area (TPSA) is 48.9 Å². The molecule has 0 radical (unpaired) electrons. The van der Waals surface area contributed by atoms with Gasteiger partial charge in [-0.15, -0.1) is 0 Å². The van der Waals surface area contributed by atoms with Gasteiger partial charge < -0.3 is 19.4 Å². The standard InChI is InChI=1S/C25H38N4O2/c1-31-19-22-6-3-13-29(22)24(30)20-7-8-23(26-18-20)28-16-11-25(12-17-28)9-14-27(15-10-25)21-4-2-5-21/h7-8,18,21-22H,2-6,9-17,19H2,1H3/t22-/m1/s1. The highest BCUT2D eigenvalue weighted by Crippen LogP contribution is 2.43. The van der Waals surface area contributed by atoms with Crippen molar-refractivity contribution in [3.05, 3.63) is 23.9 Å². The van der Waals surface area contributed by atoms with Crippen LogP contribution in [0.1, 0.15) is 68.1 Å². The molecular formula is C25H38N4O2. The Bertz CT molecular complexity index is 745. The number of carbonyl (C=O) groups excluding carboxylic acids is 1. The van der Waals surface area contributed by atoms with Crippen molar-refractivity contribution in [3.8, 4) is 0 Å². The Morgan fingerprint density at radius 1 is 1.03 bits per heavy atom. The van der Waals surface area contributed by atoms with Crippen LogP contribution in [0, 0.1) is 5.41 Å². The molecule has 1 aromatic heterocycles. The molecule has 1 aromatic rings. The number of carbonyl (C=O) groups is 1. The first-order chi connectivity index (χ1) is 15.2. The number of nitrogens with zero attached hydrogens (tertiary/aromatic N) is 4. The van der Waals surface area contributed by atoms with Crippen LogP contribution in [0.15, 0.2) is 18.3 Å². The molecule has 4 aliphatic rings. The van der Waals surface area contributed by atoms with E-state index < -0.39 is 0 Å². The van der Waals surface area contributed by atoms with E-state index in [0.29, 0.717) is 17.6 Å². The molecule has 1 saturated carbocycles. The van der Waals surface area contributed by atoms with Crippen LogP contribution in [0.25, 0.3) is 0 Å². The lowest BCUT2D eigenvalue weighted by Crippen LogP contribution is -2.51. The fraction of sp³-hybridized carbons (Fsp3) is 0.760. The van der Waals surface area contributed by atoms with Gasteiger partial charge in [0.15, 0.2) is 0 Å². The first-order valence-corrected chi connectivity index (χ1v) is 12.4. The van der Waals surface area contributed by atoms with Crippen molar-refractivity contribution in [2.45, 2.75) is 69.9 Å². The molecule has 170 valence electrons. The molecule has 4 fully saturated rings. The largest absolute Gasteiger partial charge is 0.383 e. The van der Waals surface area contributed by atoms with Gasteiger partial charge in [-0.3, -0.25) is 4.79 Å². The first-order valence-electron chi connectivity index (χ1n) is 12.4. The third-order valence-electron chi connectivity index (χ3n) is 8.59. The number of rotatable bonds is 5. The maximum absolute atomic E-state index is 12.9. The molecule has 5 rings (SSSR count). The van der Waals surface area contributed by atoms with Crippen molar-refractivity contribution < 1.29 is 9.53 Å². The van der Waals surface area contributed by atoms with Crippen LogP contribution in [0.2, 0.25) is 0 Å². The molecule has 6 nitrogen and oxygen atoms in total. The van der Waals surface area contributed by atoms with Gasteiger partial charge in [-0.05, 0) is 82.0 Å². The van der Waals surface area contributed by atoms with E-state index >= 15 is 0 Å². The monoisotopic (exact) mass is 426 g/mol. The van der Waals surface area contributed by atoms with Gasteiger partial charge in [0.2, 0.25) is 0 Å². The molecule has 0 unspecified atom stereocenters. The highest BCUT2D eigenvalue weighted by Gasteiger charge is 2.40. The molecule has 4 heterocycles. The molecule has 6 heteroatoms. The lowest BCUT2D eigenvalue weighted by molar-refractivity contribution is 0.0305. The number of piperidine rings is 2. The van der Waals surface area contributed by atoms with Crippen molar-refractivity contribution in [3.63, 3.8) is 0 Å². The van der Waals surface area contributed by atoms with Crippen molar-refractivity contribution >= 4 is 11.7 Å². The summed E-state index contributed by atoms with van der Waals surface area (Å²) in [5.74, 6) is 1.11. The third kappa shape index (κ3) is 4.34. The lowest BCUT2D eigenvalue weighted by Gasteiger charge is -2.50. The van der Waals surface area contributed by atoms with Gasteiger partial charge in [0.05, 0.1) is 18.2 Å². The van der Waals surface area contributed by atoms with Gasteiger partial charge in [0.25, 0.3) is 5.91 Å². The maximum atomic E-state index is 12.9. The van der Waals surface area contributed by atoms with E-state index in [-0.39, 0.29) is 11.9 Å². The Labute approximate surface area is 186 Å². The summed E-state index contributed by atoms with van der Waals surface area (Å²) in [6, 6.07) is 5.11. The molecular weight excluding hydrogens is 388 g/mol. The minimum Gasteiger partial charge on any atom is -0.383 e. The second-order valence-corrected chi connectivity index (χ2v) is 10.3. The summed E-state index contributed by atoms with van der Waals surface area (Å²) in [6.45, 7) is 6.23. The minimum atomic E-state index is 0.0921. The Kier molecular flexibility index (Phi) is 6.20. The highest BCUT2D eigenvalue weighted by molar-refractivity contribution is 5.94. The number of pyridine rings is 1. The summed E-state index contributed by atoms with van der Waals surface area (Å²) in [5.41, 5.74) is 1.25. The molecule has 31 heavy (non-hydrogen) atoms. The number of anilines is 1. The van der Waals surface area contributed by atoms with Crippen LogP contribution < -0.4 is 4.90 Å². The molecule has 1 atom stereocenters. The number of ether oxygens (including phenoxy) is 1. The Morgan fingerprint density at radius 3 is 2.39 bits per heavy atom. The van der Waals surface area contributed by atoms with Gasteiger partial charge in [0, 0.05) is 39.0 Å². The Hall–Kier alpha value is -1.66. The lowest BCUT2D eigenvalue weighted by atomic mass is 9.70. The molecule has 1 amide bonds. The second-order valence-electron chi connectivity index (χ2n) is 10.3. The van der Waals surface area contributed by atoms with Gasteiger partial charge in [0.1, 0.15) is 5.82 Å².